The van der Waals surface area contributed by atoms with Crippen molar-refractivity contribution in [3.63, 3.8) is 0 Å². The fourth-order valence-corrected chi connectivity index (χ4v) is 2.60. The van der Waals surface area contributed by atoms with E-state index in [0.29, 0.717) is 18.1 Å². The smallest absolute Gasteiger partial charge is 0.422 e. The number of nitrogens with one attached hydrogen (secondary N) is 2. The fraction of sp³-hybridized carbons (Fsp3) is 0.444. The van der Waals surface area contributed by atoms with E-state index in [9.17, 15) is 13.2 Å². The molecule has 1 aromatic carbocycles. The molecule has 148 valence electrons. The van der Waals surface area contributed by atoms with Gasteiger partial charge in [0.2, 0.25) is 0 Å². The first-order valence-corrected chi connectivity index (χ1v) is 8.42. The van der Waals surface area contributed by atoms with Crippen molar-refractivity contribution in [1.82, 2.24) is 20.4 Å². The maximum Gasteiger partial charge on any atom is 0.422 e. The zero-order valence-electron chi connectivity index (χ0n) is 15.8. The number of alkyl halides is 3. The molecule has 0 atom stereocenters. The predicted molar refractivity (Wildman–Crippen MR) is 97.7 cm³/mol. The summed E-state index contributed by atoms with van der Waals surface area (Å²) in [4.78, 5) is 4.15. The van der Waals surface area contributed by atoms with Crippen molar-refractivity contribution in [2.45, 2.75) is 33.1 Å². The molecule has 0 aliphatic rings. The summed E-state index contributed by atoms with van der Waals surface area (Å²) in [6.45, 7) is 3.42. The summed E-state index contributed by atoms with van der Waals surface area (Å²) in [5.74, 6) is 0.722. The van der Waals surface area contributed by atoms with Crippen molar-refractivity contribution in [2.24, 2.45) is 12.0 Å². The average Bonchev–Trinajstić information content (AvgIpc) is 2.85. The number of rotatable bonds is 6. The number of aromatic nitrogens is 2. The molecule has 2 aromatic rings. The highest BCUT2D eigenvalue weighted by Crippen LogP contribution is 2.22. The Balaban J connectivity index is 1.96. The minimum Gasteiger partial charge on any atom is -0.484 e. The highest BCUT2D eigenvalue weighted by atomic mass is 19.4. The lowest BCUT2D eigenvalue weighted by atomic mass is 10.2. The minimum atomic E-state index is -4.38. The molecule has 0 saturated carbocycles. The van der Waals surface area contributed by atoms with Gasteiger partial charge in [-0.15, -0.1) is 0 Å². The van der Waals surface area contributed by atoms with E-state index >= 15 is 0 Å². The molecule has 0 saturated heterocycles. The second-order valence-corrected chi connectivity index (χ2v) is 6.06. The molecule has 0 amide bonds. The van der Waals surface area contributed by atoms with Gasteiger partial charge in [-0.3, -0.25) is 9.67 Å². The molecule has 0 fully saturated rings. The number of benzene rings is 1. The summed E-state index contributed by atoms with van der Waals surface area (Å²) in [6.07, 6.45) is -4.38. The highest BCUT2D eigenvalue weighted by molar-refractivity contribution is 5.79. The summed E-state index contributed by atoms with van der Waals surface area (Å²) >= 11 is 0. The monoisotopic (exact) mass is 383 g/mol. The molecule has 2 rings (SSSR count). The first-order chi connectivity index (χ1) is 12.7. The molecule has 1 heterocycles. The summed E-state index contributed by atoms with van der Waals surface area (Å²) in [7, 11) is 3.52. The van der Waals surface area contributed by atoms with Gasteiger partial charge in [-0.25, -0.2) is 0 Å². The van der Waals surface area contributed by atoms with Crippen LogP contribution in [0.2, 0.25) is 0 Å². The summed E-state index contributed by atoms with van der Waals surface area (Å²) in [6, 6.07) is 6.61. The highest BCUT2D eigenvalue weighted by Gasteiger charge is 2.28. The van der Waals surface area contributed by atoms with E-state index in [-0.39, 0.29) is 12.3 Å². The number of halogens is 3. The second kappa shape index (κ2) is 8.79. The standard InChI is InChI=1S/C18H24F3N5O/c1-12-15(13(2)26(4)25-12)10-24-17(22-3)23-9-14-7-5-6-8-16(14)27-11-18(19,20)21/h5-8H,9-11H2,1-4H3,(H2,22,23,24). The van der Waals surface area contributed by atoms with Gasteiger partial charge < -0.3 is 15.4 Å². The molecule has 2 N–H and O–H groups in total. The molecular formula is C18H24F3N5O. The van der Waals surface area contributed by atoms with E-state index in [1.807, 2.05) is 25.6 Å². The zero-order valence-corrected chi connectivity index (χ0v) is 15.8. The molecule has 0 radical (unpaired) electrons. The molecule has 0 spiro atoms. The largest absolute Gasteiger partial charge is 0.484 e. The quantitative estimate of drug-likeness (QED) is 0.595. The maximum atomic E-state index is 12.4. The van der Waals surface area contributed by atoms with Gasteiger partial charge >= 0.3 is 6.18 Å². The van der Waals surface area contributed by atoms with Crippen LogP contribution in [0.1, 0.15) is 22.5 Å². The van der Waals surface area contributed by atoms with Crippen molar-refractivity contribution < 1.29 is 17.9 Å². The molecule has 0 aliphatic carbocycles. The lowest BCUT2D eigenvalue weighted by molar-refractivity contribution is -0.153. The number of ether oxygens (including phenoxy) is 1. The lowest BCUT2D eigenvalue weighted by Crippen LogP contribution is -2.36. The molecular weight excluding hydrogens is 359 g/mol. The van der Waals surface area contributed by atoms with Gasteiger partial charge in [0.05, 0.1) is 5.69 Å². The van der Waals surface area contributed by atoms with Gasteiger partial charge in [0.1, 0.15) is 5.75 Å². The van der Waals surface area contributed by atoms with E-state index in [2.05, 4.69) is 20.7 Å². The Morgan fingerprint density at radius 1 is 1.19 bits per heavy atom. The Morgan fingerprint density at radius 2 is 1.85 bits per heavy atom. The summed E-state index contributed by atoms with van der Waals surface area (Å²) < 4.78 is 43.9. The van der Waals surface area contributed by atoms with Crippen LogP contribution in [0.5, 0.6) is 5.75 Å². The topological polar surface area (TPSA) is 63.5 Å². The third kappa shape index (κ3) is 5.90. The number of hydrogen-bond donors (Lipinski definition) is 2. The van der Waals surface area contributed by atoms with E-state index in [0.717, 1.165) is 17.0 Å². The van der Waals surface area contributed by atoms with Crippen molar-refractivity contribution in [1.29, 1.82) is 0 Å². The third-order valence-electron chi connectivity index (χ3n) is 4.13. The van der Waals surface area contributed by atoms with Crippen LogP contribution in [-0.2, 0) is 20.1 Å². The van der Waals surface area contributed by atoms with E-state index < -0.39 is 12.8 Å². The first-order valence-electron chi connectivity index (χ1n) is 8.42. The van der Waals surface area contributed by atoms with Crippen LogP contribution in [0, 0.1) is 13.8 Å². The van der Waals surface area contributed by atoms with Crippen molar-refractivity contribution >= 4 is 5.96 Å². The van der Waals surface area contributed by atoms with E-state index in [1.165, 1.54) is 6.07 Å². The molecule has 0 bridgehead atoms. The number of aliphatic imine (C=N–C) groups is 1. The Hall–Kier alpha value is -2.71. The molecule has 9 heteroatoms. The Kier molecular flexibility index (Phi) is 6.70. The Morgan fingerprint density at radius 3 is 2.44 bits per heavy atom. The average molecular weight is 383 g/mol. The van der Waals surface area contributed by atoms with Crippen LogP contribution in [0.3, 0.4) is 0 Å². The van der Waals surface area contributed by atoms with Crippen LogP contribution in [-0.4, -0.2) is 35.6 Å². The number of nitrogens with zero attached hydrogens (tertiary/aromatic N) is 3. The van der Waals surface area contributed by atoms with E-state index in [1.54, 1.807) is 25.2 Å². The van der Waals surface area contributed by atoms with Gasteiger partial charge in [-0.2, -0.15) is 18.3 Å². The van der Waals surface area contributed by atoms with Gasteiger partial charge in [0.25, 0.3) is 0 Å². The van der Waals surface area contributed by atoms with Crippen LogP contribution in [0.4, 0.5) is 13.2 Å². The number of aryl methyl sites for hydroxylation is 2. The van der Waals surface area contributed by atoms with Crippen molar-refractivity contribution in [2.75, 3.05) is 13.7 Å². The minimum absolute atomic E-state index is 0.191. The van der Waals surface area contributed by atoms with Crippen LogP contribution < -0.4 is 15.4 Å². The molecule has 0 aliphatic heterocycles. The Bertz CT molecular complexity index is 799. The predicted octanol–water partition coefficient (Wildman–Crippen LogP) is 2.84. The third-order valence-corrected chi connectivity index (χ3v) is 4.13. The van der Waals surface area contributed by atoms with Gasteiger partial charge in [-0.1, -0.05) is 18.2 Å². The summed E-state index contributed by atoms with van der Waals surface area (Å²) in [5.41, 5.74) is 3.68. The summed E-state index contributed by atoms with van der Waals surface area (Å²) in [5, 5.41) is 10.6. The Labute approximate surface area is 156 Å². The normalized spacial score (nSPS) is 12.2. The molecule has 6 nitrogen and oxygen atoms in total. The SMILES string of the molecule is CN=C(NCc1ccccc1OCC(F)(F)F)NCc1c(C)nn(C)c1C. The number of guanidine groups is 1. The second-order valence-electron chi connectivity index (χ2n) is 6.06. The molecule has 27 heavy (non-hydrogen) atoms. The molecule has 1 aromatic heterocycles. The maximum absolute atomic E-state index is 12.4. The van der Waals surface area contributed by atoms with Crippen LogP contribution in [0.15, 0.2) is 29.3 Å². The number of hydrogen-bond acceptors (Lipinski definition) is 3. The van der Waals surface area contributed by atoms with Gasteiger partial charge in [-0.05, 0) is 19.9 Å². The first kappa shape index (κ1) is 20.6. The molecule has 0 unspecified atom stereocenters. The van der Waals surface area contributed by atoms with Gasteiger partial charge in [0, 0.05) is 44.0 Å². The van der Waals surface area contributed by atoms with Crippen molar-refractivity contribution in [3.05, 3.63) is 46.8 Å². The van der Waals surface area contributed by atoms with Crippen molar-refractivity contribution in [3.8, 4) is 5.75 Å². The lowest BCUT2D eigenvalue weighted by Gasteiger charge is -2.15. The van der Waals surface area contributed by atoms with E-state index in [4.69, 9.17) is 4.74 Å². The van der Waals surface area contributed by atoms with Gasteiger partial charge in [0.15, 0.2) is 12.6 Å². The zero-order chi connectivity index (χ0) is 20.0. The fourth-order valence-electron chi connectivity index (χ4n) is 2.60. The van der Waals surface area contributed by atoms with Crippen LogP contribution in [0.25, 0.3) is 0 Å². The number of para-hydroxylation sites is 1. The van der Waals surface area contributed by atoms with Crippen LogP contribution >= 0.6 is 0 Å².